The van der Waals surface area contributed by atoms with Crippen LogP contribution in [-0.2, 0) is 4.74 Å². The molecule has 0 bridgehead atoms. The van der Waals surface area contributed by atoms with E-state index in [1.807, 2.05) is 19.1 Å². The number of esters is 1. The molecule has 0 saturated carbocycles. The van der Waals surface area contributed by atoms with Gasteiger partial charge in [0.15, 0.2) is 0 Å². The van der Waals surface area contributed by atoms with Crippen molar-refractivity contribution in [1.29, 1.82) is 0 Å². The predicted octanol–water partition coefficient (Wildman–Crippen LogP) is 4.97. The zero-order valence-electron chi connectivity index (χ0n) is 20.2. The molecule has 9 heteroatoms. The Kier molecular flexibility index (Phi) is 7.65. The molecule has 1 fully saturated rings. The number of ether oxygens (including phenoxy) is 2. The number of anilines is 3. The van der Waals surface area contributed by atoms with Crippen LogP contribution in [0.15, 0.2) is 36.5 Å². The molecule has 0 aliphatic carbocycles. The van der Waals surface area contributed by atoms with Crippen molar-refractivity contribution in [2.45, 2.75) is 20.3 Å². The quantitative estimate of drug-likeness (QED) is 0.475. The highest BCUT2D eigenvalue weighted by Crippen LogP contribution is 2.39. The van der Waals surface area contributed by atoms with Gasteiger partial charge in [0.05, 0.1) is 35.8 Å². The van der Waals surface area contributed by atoms with Crippen LogP contribution in [0.5, 0.6) is 5.75 Å². The Hall–Kier alpha value is -3.46. The monoisotopic (exact) mass is 484 g/mol. The molecule has 35 heavy (non-hydrogen) atoms. The molecular weight excluding hydrogens is 454 g/mol. The minimum atomic E-state index is -0.772. The molecule has 0 unspecified atom stereocenters. The van der Waals surface area contributed by atoms with E-state index in [1.165, 1.54) is 12.3 Å². The molecule has 1 aliphatic rings. The van der Waals surface area contributed by atoms with Crippen molar-refractivity contribution >= 4 is 33.9 Å². The molecule has 0 spiro atoms. The van der Waals surface area contributed by atoms with Crippen LogP contribution in [0.4, 0.5) is 25.8 Å². The Morgan fingerprint density at radius 3 is 2.66 bits per heavy atom. The normalized spacial score (nSPS) is 14.6. The second-order valence-corrected chi connectivity index (χ2v) is 8.43. The SMILES string of the molecule is CCOC(=O)c1cnc2cc(OCC)c(N3CCCN(C)CC3)cc2c1Nc1ccc(F)cc1F. The summed E-state index contributed by atoms with van der Waals surface area (Å²) in [5.41, 5.74) is 1.99. The molecule has 186 valence electrons. The summed E-state index contributed by atoms with van der Waals surface area (Å²) in [5.74, 6) is -1.35. The molecule has 1 saturated heterocycles. The van der Waals surface area contributed by atoms with Crippen molar-refractivity contribution in [1.82, 2.24) is 9.88 Å². The summed E-state index contributed by atoms with van der Waals surface area (Å²) in [7, 11) is 2.10. The Morgan fingerprint density at radius 1 is 1.09 bits per heavy atom. The van der Waals surface area contributed by atoms with Gasteiger partial charge in [0.2, 0.25) is 0 Å². The standard InChI is InChI=1S/C26H30F2N4O3/c1-4-34-24-15-22-18(14-23(24)32-10-6-9-31(3)11-12-32)25(19(16-29-22)26(33)35-5-2)30-21-8-7-17(27)13-20(21)28/h7-8,13-16H,4-6,9-12H2,1-3H3,(H,29,30). The van der Waals surface area contributed by atoms with Crippen LogP contribution in [0.2, 0.25) is 0 Å². The summed E-state index contributed by atoms with van der Waals surface area (Å²) in [6.07, 6.45) is 2.40. The summed E-state index contributed by atoms with van der Waals surface area (Å²) in [6, 6.07) is 7.01. The van der Waals surface area contributed by atoms with Gasteiger partial charge in [-0.3, -0.25) is 4.98 Å². The van der Waals surface area contributed by atoms with Gasteiger partial charge >= 0.3 is 5.97 Å². The summed E-state index contributed by atoms with van der Waals surface area (Å²) in [6.45, 7) is 7.85. The molecule has 3 aromatic rings. The highest BCUT2D eigenvalue weighted by atomic mass is 19.1. The summed E-state index contributed by atoms with van der Waals surface area (Å²) >= 11 is 0. The Bertz CT molecular complexity index is 1220. The fraction of sp³-hybridized carbons (Fsp3) is 0.385. The Labute approximate surface area is 203 Å². The van der Waals surface area contributed by atoms with Crippen molar-refractivity contribution in [3.63, 3.8) is 0 Å². The van der Waals surface area contributed by atoms with Gasteiger partial charge in [-0.2, -0.15) is 0 Å². The molecule has 0 radical (unpaired) electrons. The first-order valence-corrected chi connectivity index (χ1v) is 11.8. The highest BCUT2D eigenvalue weighted by Gasteiger charge is 2.23. The van der Waals surface area contributed by atoms with Crippen LogP contribution in [0, 0.1) is 11.6 Å². The van der Waals surface area contributed by atoms with E-state index in [0.29, 0.717) is 28.9 Å². The molecule has 1 aromatic heterocycles. The number of carbonyl (C=O) groups is 1. The average Bonchev–Trinajstić information content (AvgIpc) is 3.05. The average molecular weight is 485 g/mol. The van der Waals surface area contributed by atoms with Gasteiger partial charge in [0, 0.05) is 43.4 Å². The predicted molar refractivity (Wildman–Crippen MR) is 133 cm³/mol. The van der Waals surface area contributed by atoms with Gasteiger partial charge in [-0.05, 0) is 52.1 Å². The van der Waals surface area contributed by atoms with E-state index >= 15 is 0 Å². The maximum Gasteiger partial charge on any atom is 0.341 e. The number of nitrogens with one attached hydrogen (secondary N) is 1. The van der Waals surface area contributed by atoms with Gasteiger partial charge in [-0.1, -0.05) is 0 Å². The zero-order valence-corrected chi connectivity index (χ0v) is 20.2. The molecule has 1 N–H and O–H groups in total. The number of benzene rings is 2. The maximum absolute atomic E-state index is 14.6. The lowest BCUT2D eigenvalue weighted by molar-refractivity contribution is 0.0527. The van der Waals surface area contributed by atoms with Gasteiger partial charge in [0.1, 0.15) is 22.9 Å². The zero-order chi connectivity index (χ0) is 24.9. The number of rotatable bonds is 7. The number of hydrogen-bond acceptors (Lipinski definition) is 7. The van der Waals surface area contributed by atoms with Crippen molar-refractivity contribution in [2.75, 3.05) is 56.7 Å². The van der Waals surface area contributed by atoms with Crippen LogP contribution in [0.25, 0.3) is 10.9 Å². The highest BCUT2D eigenvalue weighted by molar-refractivity contribution is 6.07. The number of nitrogens with zero attached hydrogens (tertiary/aromatic N) is 3. The second kappa shape index (κ2) is 10.9. The van der Waals surface area contributed by atoms with Crippen LogP contribution >= 0.6 is 0 Å². The fourth-order valence-electron chi connectivity index (χ4n) is 4.24. The topological polar surface area (TPSA) is 66.9 Å². The van der Waals surface area contributed by atoms with Crippen LogP contribution in [0.1, 0.15) is 30.6 Å². The second-order valence-electron chi connectivity index (χ2n) is 8.43. The largest absolute Gasteiger partial charge is 0.492 e. The molecule has 7 nitrogen and oxygen atoms in total. The van der Waals surface area contributed by atoms with Gasteiger partial charge < -0.3 is 24.6 Å². The summed E-state index contributed by atoms with van der Waals surface area (Å²) in [4.78, 5) is 21.8. The van der Waals surface area contributed by atoms with E-state index in [-0.39, 0.29) is 17.9 Å². The number of likely N-dealkylation sites (N-methyl/N-ethyl adjacent to an activating group) is 1. The third kappa shape index (κ3) is 5.45. The number of halogens is 2. The first kappa shape index (κ1) is 24.7. The van der Waals surface area contributed by atoms with E-state index in [1.54, 1.807) is 6.92 Å². The first-order valence-electron chi connectivity index (χ1n) is 11.8. The van der Waals surface area contributed by atoms with Gasteiger partial charge in [-0.25, -0.2) is 13.6 Å². The number of fused-ring (bicyclic) bond motifs is 1. The molecule has 0 atom stereocenters. The molecule has 1 aliphatic heterocycles. The maximum atomic E-state index is 14.6. The third-order valence-electron chi connectivity index (χ3n) is 5.99. The fourth-order valence-corrected chi connectivity index (χ4v) is 4.24. The van der Waals surface area contributed by atoms with Crippen molar-refractivity contribution in [3.05, 3.63) is 53.7 Å². The lowest BCUT2D eigenvalue weighted by Gasteiger charge is -2.26. The summed E-state index contributed by atoms with van der Waals surface area (Å²) < 4.78 is 39.3. The Balaban J connectivity index is 1.90. The van der Waals surface area contributed by atoms with E-state index in [0.717, 1.165) is 50.4 Å². The Morgan fingerprint density at radius 2 is 1.91 bits per heavy atom. The molecule has 0 amide bonds. The smallest absolute Gasteiger partial charge is 0.341 e. The van der Waals surface area contributed by atoms with E-state index in [4.69, 9.17) is 9.47 Å². The number of hydrogen-bond donors (Lipinski definition) is 1. The van der Waals surface area contributed by atoms with Crippen molar-refractivity contribution < 1.29 is 23.0 Å². The number of aromatic nitrogens is 1. The first-order chi connectivity index (χ1) is 16.9. The van der Waals surface area contributed by atoms with Crippen LogP contribution in [0.3, 0.4) is 0 Å². The number of pyridine rings is 1. The van der Waals surface area contributed by atoms with Gasteiger partial charge in [-0.15, -0.1) is 0 Å². The third-order valence-corrected chi connectivity index (χ3v) is 5.99. The molecule has 4 rings (SSSR count). The molecular formula is C26H30F2N4O3. The van der Waals surface area contributed by atoms with E-state index < -0.39 is 17.6 Å². The van der Waals surface area contributed by atoms with Crippen LogP contribution in [-0.4, -0.2) is 62.3 Å². The van der Waals surface area contributed by atoms with E-state index in [9.17, 15) is 13.6 Å². The minimum absolute atomic E-state index is 0.0382. The van der Waals surface area contributed by atoms with Crippen molar-refractivity contribution in [2.24, 2.45) is 0 Å². The summed E-state index contributed by atoms with van der Waals surface area (Å²) in [5, 5.41) is 3.61. The lowest BCUT2D eigenvalue weighted by Crippen LogP contribution is -2.29. The lowest BCUT2D eigenvalue weighted by atomic mass is 10.1. The molecule has 2 aromatic carbocycles. The number of carbonyl (C=O) groups excluding carboxylic acids is 1. The van der Waals surface area contributed by atoms with Gasteiger partial charge in [0.25, 0.3) is 0 Å². The van der Waals surface area contributed by atoms with E-state index in [2.05, 4.69) is 27.1 Å². The van der Waals surface area contributed by atoms with Crippen molar-refractivity contribution in [3.8, 4) is 5.75 Å². The molecule has 2 heterocycles. The van der Waals surface area contributed by atoms with Crippen LogP contribution < -0.4 is 15.0 Å². The minimum Gasteiger partial charge on any atom is -0.492 e.